The molecule has 0 aliphatic heterocycles. The predicted molar refractivity (Wildman–Crippen MR) is 121 cm³/mol. The number of benzene rings is 2. The Hall–Kier alpha value is -3.36. The first-order chi connectivity index (χ1) is 14.5. The second kappa shape index (κ2) is 8.56. The van der Waals surface area contributed by atoms with Crippen molar-refractivity contribution in [2.75, 3.05) is 10.6 Å². The standard InChI is InChI=1S/C22H18N4O2S2/c1-13-19(30-14(2)23-13)21(28)26-22-25-18(12-29-22)15-8-10-17(11-9-15)24-20(27)16-6-4-3-5-7-16/h3-12H,1-2H3,(H,24,27)(H,25,26,28). The summed E-state index contributed by atoms with van der Waals surface area (Å²) in [6.07, 6.45) is 0. The maximum atomic E-state index is 12.4. The second-order valence-corrected chi connectivity index (χ2v) is 8.60. The number of amides is 2. The minimum absolute atomic E-state index is 0.157. The molecular formula is C22H18N4O2S2. The minimum atomic E-state index is -0.196. The summed E-state index contributed by atoms with van der Waals surface area (Å²) in [6.45, 7) is 3.70. The predicted octanol–water partition coefficient (Wildman–Crippen LogP) is 5.39. The fraction of sp³-hybridized carbons (Fsp3) is 0.0909. The molecule has 0 saturated carbocycles. The van der Waals surface area contributed by atoms with Crippen LogP contribution in [-0.2, 0) is 0 Å². The molecule has 30 heavy (non-hydrogen) atoms. The van der Waals surface area contributed by atoms with Gasteiger partial charge in [0.2, 0.25) is 0 Å². The Balaban J connectivity index is 1.43. The molecule has 2 aromatic heterocycles. The van der Waals surface area contributed by atoms with E-state index in [0.717, 1.165) is 22.0 Å². The molecule has 2 amide bonds. The summed E-state index contributed by atoms with van der Waals surface area (Å²) in [7, 11) is 0. The third-order valence-corrected chi connectivity index (χ3v) is 6.14. The number of thiazole rings is 2. The lowest BCUT2D eigenvalue weighted by atomic mass is 10.1. The van der Waals surface area contributed by atoms with Gasteiger partial charge < -0.3 is 5.32 Å². The lowest BCUT2D eigenvalue weighted by molar-refractivity contribution is 0.102. The fourth-order valence-corrected chi connectivity index (χ4v) is 4.41. The molecule has 0 radical (unpaired) electrons. The number of nitrogens with one attached hydrogen (secondary N) is 2. The van der Waals surface area contributed by atoms with Gasteiger partial charge in [-0.05, 0) is 38.1 Å². The molecule has 0 atom stereocenters. The number of rotatable bonds is 5. The molecule has 0 aliphatic carbocycles. The molecule has 0 spiro atoms. The summed E-state index contributed by atoms with van der Waals surface area (Å²) in [6, 6.07) is 16.5. The van der Waals surface area contributed by atoms with Crippen LogP contribution in [0.4, 0.5) is 10.8 Å². The van der Waals surface area contributed by atoms with Gasteiger partial charge in [0, 0.05) is 22.2 Å². The van der Waals surface area contributed by atoms with E-state index in [9.17, 15) is 9.59 Å². The van der Waals surface area contributed by atoms with Gasteiger partial charge in [-0.25, -0.2) is 9.97 Å². The van der Waals surface area contributed by atoms with E-state index in [1.807, 2.05) is 61.7 Å². The molecule has 0 aliphatic rings. The molecule has 4 aromatic rings. The Labute approximate surface area is 181 Å². The molecule has 6 nitrogen and oxygen atoms in total. The first-order valence-corrected chi connectivity index (χ1v) is 10.9. The maximum Gasteiger partial charge on any atom is 0.269 e. The van der Waals surface area contributed by atoms with Crippen molar-refractivity contribution in [3.05, 3.63) is 81.1 Å². The van der Waals surface area contributed by atoms with Gasteiger partial charge in [-0.3, -0.25) is 14.9 Å². The number of hydrogen-bond acceptors (Lipinski definition) is 6. The number of anilines is 2. The van der Waals surface area contributed by atoms with Gasteiger partial charge in [-0.2, -0.15) is 0 Å². The molecule has 0 bridgehead atoms. The highest BCUT2D eigenvalue weighted by Crippen LogP contribution is 2.27. The quantitative estimate of drug-likeness (QED) is 0.441. The summed E-state index contributed by atoms with van der Waals surface area (Å²) in [5, 5.41) is 8.99. The number of nitrogens with zero attached hydrogens (tertiary/aromatic N) is 2. The van der Waals surface area contributed by atoms with Crippen LogP contribution in [0.1, 0.15) is 30.7 Å². The van der Waals surface area contributed by atoms with Crippen LogP contribution in [0.25, 0.3) is 11.3 Å². The Morgan fingerprint density at radius 2 is 1.60 bits per heavy atom. The van der Waals surface area contributed by atoms with Crippen molar-refractivity contribution in [1.82, 2.24) is 9.97 Å². The summed E-state index contributed by atoms with van der Waals surface area (Å²) < 4.78 is 0. The molecule has 0 fully saturated rings. The molecule has 0 unspecified atom stereocenters. The van der Waals surface area contributed by atoms with Crippen LogP contribution in [-0.4, -0.2) is 21.8 Å². The van der Waals surface area contributed by atoms with Gasteiger partial charge in [0.15, 0.2) is 5.13 Å². The van der Waals surface area contributed by atoms with Crippen LogP contribution in [0.2, 0.25) is 0 Å². The van der Waals surface area contributed by atoms with Crippen molar-refractivity contribution in [3.63, 3.8) is 0 Å². The van der Waals surface area contributed by atoms with Crippen molar-refractivity contribution in [1.29, 1.82) is 0 Å². The van der Waals surface area contributed by atoms with Crippen molar-refractivity contribution < 1.29 is 9.59 Å². The SMILES string of the molecule is Cc1nc(C)c(C(=O)Nc2nc(-c3ccc(NC(=O)c4ccccc4)cc3)cs2)s1. The van der Waals surface area contributed by atoms with E-state index in [1.54, 1.807) is 12.1 Å². The van der Waals surface area contributed by atoms with E-state index >= 15 is 0 Å². The molecule has 2 aromatic carbocycles. The van der Waals surface area contributed by atoms with Crippen molar-refractivity contribution in [2.24, 2.45) is 0 Å². The van der Waals surface area contributed by atoms with E-state index in [1.165, 1.54) is 22.7 Å². The summed E-state index contributed by atoms with van der Waals surface area (Å²) in [4.78, 5) is 34.1. The first kappa shape index (κ1) is 19.9. The minimum Gasteiger partial charge on any atom is -0.322 e. The van der Waals surface area contributed by atoms with Gasteiger partial charge in [-0.1, -0.05) is 30.3 Å². The maximum absolute atomic E-state index is 12.4. The summed E-state index contributed by atoms with van der Waals surface area (Å²) >= 11 is 2.73. The van der Waals surface area contributed by atoms with Crippen molar-refractivity contribution >= 4 is 45.3 Å². The van der Waals surface area contributed by atoms with Gasteiger partial charge in [0.05, 0.1) is 16.4 Å². The van der Waals surface area contributed by atoms with Crippen LogP contribution >= 0.6 is 22.7 Å². The van der Waals surface area contributed by atoms with E-state index < -0.39 is 0 Å². The van der Waals surface area contributed by atoms with E-state index in [-0.39, 0.29) is 11.8 Å². The molecule has 2 N–H and O–H groups in total. The van der Waals surface area contributed by atoms with E-state index in [4.69, 9.17) is 0 Å². The van der Waals surface area contributed by atoms with Crippen LogP contribution in [0.3, 0.4) is 0 Å². The Bertz CT molecular complexity index is 1200. The largest absolute Gasteiger partial charge is 0.322 e. The van der Waals surface area contributed by atoms with Crippen molar-refractivity contribution in [3.8, 4) is 11.3 Å². The molecule has 4 rings (SSSR count). The normalized spacial score (nSPS) is 10.6. The van der Waals surface area contributed by atoms with Gasteiger partial charge >= 0.3 is 0 Å². The number of aromatic nitrogens is 2. The highest BCUT2D eigenvalue weighted by molar-refractivity contribution is 7.15. The molecule has 2 heterocycles. The summed E-state index contributed by atoms with van der Waals surface area (Å²) in [5.41, 5.74) is 3.68. The smallest absolute Gasteiger partial charge is 0.269 e. The second-order valence-electron chi connectivity index (χ2n) is 6.54. The Kier molecular flexibility index (Phi) is 5.69. The average molecular weight is 435 g/mol. The van der Waals surface area contributed by atoms with Crippen LogP contribution in [0.15, 0.2) is 60.0 Å². The van der Waals surface area contributed by atoms with E-state index in [0.29, 0.717) is 21.3 Å². The zero-order valence-electron chi connectivity index (χ0n) is 16.3. The van der Waals surface area contributed by atoms with Crippen LogP contribution in [0.5, 0.6) is 0 Å². The van der Waals surface area contributed by atoms with Crippen LogP contribution < -0.4 is 10.6 Å². The zero-order valence-corrected chi connectivity index (χ0v) is 17.9. The average Bonchev–Trinajstić information content (AvgIpc) is 3.35. The Morgan fingerprint density at radius 3 is 2.27 bits per heavy atom. The monoisotopic (exact) mass is 434 g/mol. The highest BCUT2D eigenvalue weighted by atomic mass is 32.1. The number of aryl methyl sites for hydroxylation is 2. The third-order valence-electron chi connectivity index (χ3n) is 4.31. The van der Waals surface area contributed by atoms with Crippen molar-refractivity contribution in [2.45, 2.75) is 13.8 Å². The zero-order chi connectivity index (χ0) is 21.1. The lowest BCUT2D eigenvalue weighted by Gasteiger charge is -2.06. The first-order valence-electron chi connectivity index (χ1n) is 9.17. The third kappa shape index (κ3) is 4.45. The topological polar surface area (TPSA) is 84.0 Å². The van der Waals surface area contributed by atoms with Crippen LogP contribution in [0, 0.1) is 13.8 Å². The molecule has 0 saturated heterocycles. The summed E-state index contributed by atoms with van der Waals surface area (Å²) in [5.74, 6) is -0.353. The molecule has 150 valence electrons. The molecular weight excluding hydrogens is 416 g/mol. The van der Waals surface area contributed by atoms with Gasteiger partial charge in [0.25, 0.3) is 11.8 Å². The highest BCUT2D eigenvalue weighted by Gasteiger charge is 2.16. The number of carbonyl (C=O) groups is 2. The van der Waals surface area contributed by atoms with Gasteiger partial charge in [0.1, 0.15) is 4.88 Å². The Morgan fingerprint density at radius 1 is 0.867 bits per heavy atom. The fourth-order valence-electron chi connectivity index (χ4n) is 2.88. The number of hydrogen-bond donors (Lipinski definition) is 2. The molecule has 8 heteroatoms. The van der Waals surface area contributed by atoms with E-state index in [2.05, 4.69) is 20.6 Å². The lowest BCUT2D eigenvalue weighted by Crippen LogP contribution is -2.11. The van der Waals surface area contributed by atoms with Gasteiger partial charge in [-0.15, -0.1) is 22.7 Å². The number of carbonyl (C=O) groups excluding carboxylic acids is 2.